The lowest BCUT2D eigenvalue weighted by atomic mass is 10.2. The van der Waals surface area contributed by atoms with Crippen molar-refractivity contribution in [1.29, 1.82) is 0 Å². The number of ether oxygens (including phenoxy) is 1. The molecule has 0 bridgehead atoms. The van der Waals surface area contributed by atoms with Crippen molar-refractivity contribution in [3.8, 4) is 10.6 Å². The molecule has 7 heteroatoms. The highest BCUT2D eigenvalue weighted by Crippen LogP contribution is 2.27. The number of amides is 1. The average molecular weight is 410 g/mol. The second kappa shape index (κ2) is 9.84. The van der Waals surface area contributed by atoms with Crippen LogP contribution in [0, 0.1) is 0 Å². The number of nitrogens with one attached hydrogen (secondary N) is 1. The Hall–Kier alpha value is -3.19. The minimum atomic E-state index is -0.704. The maximum Gasteiger partial charge on any atom is 0.328 e. The predicted octanol–water partition coefficient (Wildman–Crippen LogP) is 3.74. The Kier molecular flexibility index (Phi) is 6.97. The van der Waals surface area contributed by atoms with Gasteiger partial charge < -0.3 is 10.1 Å². The number of nitrogens with zero attached hydrogens (tertiary/aromatic N) is 2. The SMILES string of the molecule is CCOC(=O)C(C)NC(=O)/C=C/c1cn(Cc2ccccc2)nc1-c1cccs1. The monoisotopic (exact) mass is 409 g/mol. The first kappa shape index (κ1) is 20.5. The number of hydrogen-bond acceptors (Lipinski definition) is 5. The fourth-order valence-corrected chi connectivity index (χ4v) is 3.50. The number of rotatable bonds is 8. The Morgan fingerprint density at radius 3 is 2.72 bits per heavy atom. The highest BCUT2D eigenvalue weighted by molar-refractivity contribution is 7.13. The van der Waals surface area contributed by atoms with Crippen molar-refractivity contribution in [3.05, 3.63) is 71.2 Å². The zero-order valence-electron chi connectivity index (χ0n) is 16.4. The summed E-state index contributed by atoms with van der Waals surface area (Å²) in [5.74, 6) is -0.817. The van der Waals surface area contributed by atoms with Gasteiger partial charge in [-0.15, -0.1) is 11.3 Å². The Morgan fingerprint density at radius 1 is 1.24 bits per heavy atom. The Bertz CT molecular complexity index is 978. The van der Waals surface area contributed by atoms with Crippen LogP contribution in [0.15, 0.2) is 60.1 Å². The maximum atomic E-state index is 12.2. The van der Waals surface area contributed by atoms with Crippen LogP contribution in [0.3, 0.4) is 0 Å². The van der Waals surface area contributed by atoms with Crippen molar-refractivity contribution in [2.75, 3.05) is 6.61 Å². The van der Waals surface area contributed by atoms with Crippen molar-refractivity contribution >= 4 is 29.3 Å². The number of hydrogen-bond donors (Lipinski definition) is 1. The molecule has 0 saturated heterocycles. The molecule has 2 heterocycles. The van der Waals surface area contributed by atoms with E-state index in [-0.39, 0.29) is 12.5 Å². The maximum absolute atomic E-state index is 12.2. The van der Waals surface area contributed by atoms with Crippen molar-refractivity contribution < 1.29 is 14.3 Å². The number of carbonyl (C=O) groups excluding carboxylic acids is 2. The third-order valence-corrected chi connectivity index (χ3v) is 5.02. The van der Waals surface area contributed by atoms with Crippen molar-refractivity contribution in [2.24, 2.45) is 0 Å². The van der Waals surface area contributed by atoms with E-state index < -0.39 is 12.0 Å². The lowest BCUT2D eigenvalue weighted by molar-refractivity contribution is -0.146. The summed E-state index contributed by atoms with van der Waals surface area (Å²) >= 11 is 1.59. The Labute approximate surface area is 173 Å². The molecular weight excluding hydrogens is 386 g/mol. The second-order valence-electron chi connectivity index (χ2n) is 6.41. The highest BCUT2D eigenvalue weighted by Gasteiger charge is 2.15. The number of esters is 1. The number of carbonyl (C=O) groups is 2. The van der Waals surface area contributed by atoms with E-state index in [0.29, 0.717) is 6.54 Å². The van der Waals surface area contributed by atoms with Crippen molar-refractivity contribution in [1.82, 2.24) is 15.1 Å². The lowest BCUT2D eigenvalue weighted by Gasteiger charge is -2.10. The van der Waals surface area contributed by atoms with Crippen LogP contribution in [0.25, 0.3) is 16.6 Å². The van der Waals surface area contributed by atoms with Gasteiger partial charge in [0.2, 0.25) is 5.91 Å². The molecule has 29 heavy (non-hydrogen) atoms. The Morgan fingerprint density at radius 2 is 2.03 bits per heavy atom. The molecular formula is C22H23N3O3S. The first-order valence-electron chi connectivity index (χ1n) is 9.37. The largest absolute Gasteiger partial charge is 0.464 e. The molecule has 0 saturated carbocycles. The van der Waals surface area contributed by atoms with E-state index in [1.165, 1.54) is 6.08 Å². The van der Waals surface area contributed by atoms with Gasteiger partial charge >= 0.3 is 5.97 Å². The lowest BCUT2D eigenvalue weighted by Crippen LogP contribution is -2.38. The zero-order chi connectivity index (χ0) is 20.6. The molecule has 3 rings (SSSR count). The molecule has 6 nitrogen and oxygen atoms in total. The minimum absolute atomic E-state index is 0.277. The molecule has 1 amide bonds. The standard InChI is InChI=1S/C22H23N3O3S/c1-3-28-22(27)16(2)23-20(26)12-11-18-15-25(14-17-8-5-4-6-9-17)24-21(18)19-10-7-13-29-19/h4-13,15-16H,3,14H2,1-2H3,(H,23,26)/b12-11+. The topological polar surface area (TPSA) is 73.2 Å². The third-order valence-electron chi connectivity index (χ3n) is 4.15. The normalized spacial score (nSPS) is 12.1. The number of aromatic nitrogens is 2. The average Bonchev–Trinajstić information content (AvgIpc) is 3.37. The van der Waals surface area contributed by atoms with Gasteiger partial charge in [-0.2, -0.15) is 5.10 Å². The molecule has 0 aliphatic rings. The summed E-state index contributed by atoms with van der Waals surface area (Å²) in [5.41, 5.74) is 2.80. The first-order chi connectivity index (χ1) is 14.1. The molecule has 0 radical (unpaired) electrons. The smallest absolute Gasteiger partial charge is 0.328 e. The van der Waals surface area contributed by atoms with Crippen LogP contribution in [-0.2, 0) is 20.9 Å². The summed E-state index contributed by atoms with van der Waals surface area (Å²) in [6, 6.07) is 13.3. The molecule has 0 fully saturated rings. The van der Waals surface area contributed by atoms with Gasteiger partial charge in [0.15, 0.2) is 0 Å². The van der Waals surface area contributed by atoms with Crippen LogP contribution in [0.5, 0.6) is 0 Å². The summed E-state index contributed by atoms with van der Waals surface area (Å²) < 4.78 is 6.77. The van der Waals surface area contributed by atoms with Gasteiger partial charge in [-0.25, -0.2) is 4.79 Å². The fourth-order valence-electron chi connectivity index (χ4n) is 2.77. The molecule has 0 spiro atoms. The Balaban J connectivity index is 1.77. The zero-order valence-corrected chi connectivity index (χ0v) is 17.2. The van der Waals surface area contributed by atoms with E-state index in [9.17, 15) is 9.59 Å². The van der Waals surface area contributed by atoms with Crippen molar-refractivity contribution in [3.63, 3.8) is 0 Å². The van der Waals surface area contributed by atoms with Gasteiger partial charge in [-0.05, 0) is 36.9 Å². The molecule has 1 aromatic carbocycles. The molecule has 0 aliphatic heterocycles. The summed E-state index contributed by atoms with van der Waals surface area (Å²) in [5, 5.41) is 9.31. The van der Waals surface area contributed by atoms with Gasteiger partial charge in [0.05, 0.1) is 18.0 Å². The van der Waals surface area contributed by atoms with Gasteiger partial charge in [0, 0.05) is 17.8 Å². The van der Waals surface area contributed by atoms with E-state index in [1.54, 1.807) is 31.3 Å². The molecule has 150 valence electrons. The van der Waals surface area contributed by atoms with Crippen LogP contribution < -0.4 is 5.32 Å². The molecule has 3 aromatic rings. The van der Waals surface area contributed by atoms with Crippen molar-refractivity contribution in [2.45, 2.75) is 26.4 Å². The second-order valence-corrected chi connectivity index (χ2v) is 7.36. The summed E-state index contributed by atoms with van der Waals surface area (Å²) in [6.07, 6.45) is 5.05. The third kappa shape index (κ3) is 5.65. The molecule has 1 unspecified atom stereocenters. The van der Waals surface area contributed by atoms with Crippen LogP contribution in [-0.4, -0.2) is 34.3 Å². The molecule has 1 N–H and O–H groups in total. The van der Waals surface area contributed by atoms with E-state index in [4.69, 9.17) is 9.84 Å². The summed E-state index contributed by atoms with van der Waals surface area (Å²) in [4.78, 5) is 24.9. The van der Waals surface area contributed by atoms with Crippen LogP contribution >= 0.6 is 11.3 Å². The van der Waals surface area contributed by atoms with Gasteiger partial charge in [0.25, 0.3) is 0 Å². The predicted molar refractivity (Wildman–Crippen MR) is 114 cm³/mol. The van der Waals surface area contributed by atoms with E-state index in [0.717, 1.165) is 21.7 Å². The minimum Gasteiger partial charge on any atom is -0.464 e. The van der Waals surface area contributed by atoms with Crippen LogP contribution in [0.2, 0.25) is 0 Å². The van der Waals surface area contributed by atoms with Gasteiger partial charge in [-0.3, -0.25) is 9.48 Å². The number of benzene rings is 1. The first-order valence-corrected chi connectivity index (χ1v) is 10.2. The van der Waals surface area contributed by atoms with E-state index in [1.807, 2.05) is 58.7 Å². The summed E-state index contributed by atoms with van der Waals surface area (Å²) in [6.45, 7) is 4.24. The van der Waals surface area contributed by atoms with Crippen LogP contribution in [0.1, 0.15) is 25.0 Å². The highest BCUT2D eigenvalue weighted by atomic mass is 32.1. The van der Waals surface area contributed by atoms with E-state index in [2.05, 4.69) is 5.32 Å². The quantitative estimate of drug-likeness (QED) is 0.454. The number of thiophene rings is 1. The fraction of sp³-hybridized carbons (Fsp3) is 0.227. The van der Waals surface area contributed by atoms with Crippen LogP contribution in [0.4, 0.5) is 0 Å². The summed E-state index contributed by atoms with van der Waals surface area (Å²) in [7, 11) is 0. The molecule has 0 aliphatic carbocycles. The van der Waals surface area contributed by atoms with Gasteiger partial charge in [-0.1, -0.05) is 36.4 Å². The van der Waals surface area contributed by atoms with Gasteiger partial charge in [0.1, 0.15) is 11.7 Å². The molecule has 1 atom stereocenters. The molecule has 2 aromatic heterocycles. The van der Waals surface area contributed by atoms with E-state index >= 15 is 0 Å².